The molecule has 3 heterocycles. The minimum atomic E-state index is -1.55. The van der Waals surface area contributed by atoms with Crippen LogP contribution in [-0.4, -0.2) is 76.2 Å². The summed E-state index contributed by atoms with van der Waals surface area (Å²) in [4.78, 5) is 43.7. The number of nitrogens with zero attached hydrogens (tertiary/aromatic N) is 2. The zero-order valence-electron chi connectivity index (χ0n) is 28.2. The Hall–Kier alpha value is -3.63. The summed E-state index contributed by atoms with van der Waals surface area (Å²) in [6.45, 7) is 14.6. The molecule has 2 saturated heterocycles. The van der Waals surface area contributed by atoms with Gasteiger partial charge in [0.2, 0.25) is 5.91 Å². The Morgan fingerprint density at radius 2 is 1.71 bits per heavy atom. The van der Waals surface area contributed by atoms with Gasteiger partial charge in [-0.1, -0.05) is 0 Å². The molecule has 4 atom stereocenters. The number of hydrogen-bond acceptors (Lipinski definition) is 8. The first-order valence-corrected chi connectivity index (χ1v) is 15.8. The molecule has 0 bridgehead atoms. The van der Waals surface area contributed by atoms with Crippen LogP contribution in [0, 0.1) is 29.1 Å². The van der Waals surface area contributed by atoms with Crippen molar-refractivity contribution < 1.29 is 38.1 Å². The van der Waals surface area contributed by atoms with Gasteiger partial charge in [-0.25, -0.2) is 9.59 Å². The number of likely N-dealkylation sites (tertiary alicyclic amines) is 2. The minimum Gasteiger partial charge on any atom is -0.469 e. The summed E-state index contributed by atoms with van der Waals surface area (Å²) in [5.41, 5.74) is -2.30. The van der Waals surface area contributed by atoms with Crippen molar-refractivity contribution in [3.05, 3.63) is 23.7 Å². The number of aliphatic hydroxyl groups excluding tert-OH is 1. The summed E-state index contributed by atoms with van der Waals surface area (Å²) >= 11 is 0. The molecule has 0 saturated carbocycles. The molecule has 1 spiro atoms. The highest BCUT2D eigenvalue weighted by atomic mass is 16.7. The van der Waals surface area contributed by atoms with Gasteiger partial charge in [-0.15, -0.1) is 23.7 Å². The van der Waals surface area contributed by atoms with Gasteiger partial charge in [-0.05, 0) is 92.7 Å². The summed E-state index contributed by atoms with van der Waals surface area (Å²) < 4.78 is 22.4. The predicted octanol–water partition coefficient (Wildman–Crippen LogP) is 6.01. The van der Waals surface area contributed by atoms with E-state index in [0.717, 1.165) is 30.6 Å². The van der Waals surface area contributed by atoms with Gasteiger partial charge in [-0.3, -0.25) is 9.69 Å². The van der Waals surface area contributed by atoms with Gasteiger partial charge in [0, 0.05) is 38.3 Å². The third-order valence-electron chi connectivity index (χ3n) is 7.98. The van der Waals surface area contributed by atoms with Crippen molar-refractivity contribution in [1.82, 2.24) is 9.80 Å². The highest BCUT2D eigenvalue weighted by Crippen LogP contribution is 2.55. The number of amides is 2. The lowest BCUT2D eigenvalue weighted by atomic mass is 9.65. The Morgan fingerprint density at radius 3 is 2.36 bits per heavy atom. The van der Waals surface area contributed by atoms with Gasteiger partial charge in [-0.2, -0.15) is 0 Å². The maximum Gasteiger partial charge on any atom is 0.508 e. The number of carbonyl (C=O) groups excluding carboxylic acids is 3. The number of rotatable bonds is 9. The van der Waals surface area contributed by atoms with Crippen LogP contribution in [0.3, 0.4) is 0 Å². The Bertz CT molecular complexity index is 1320. The van der Waals surface area contributed by atoms with Crippen LogP contribution < -0.4 is 0 Å². The average Bonchev–Trinajstić information content (AvgIpc) is 3.51. The Kier molecular flexibility index (Phi) is 12.0. The zero-order valence-corrected chi connectivity index (χ0v) is 28.2. The first-order chi connectivity index (χ1) is 21.1. The second kappa shape index (κ2) is 15.1. The predicted molar refractivity (Wildman–Crippen MR) is 169 cm³/mol. The SMILES string of the molecule is CC#CCCCCN1CC[C@@H](c2coc(CCC#CC)c2)[C@]2(C[C@H](COC(=O)OC(C)(C)C)N(C(=O)OC(C)(C)C)C2O)C1=O. The van der Waals surface area contributed by atoms with E-state index < -0.39 is 47.1 Å². The molecule has 2 amide bonds. The van der Waals surface area contributed by atoms with Crippen LogP contribution in [0.25, 0.3) is 0 Å². The molecule has 248 valence electrons. The summed E-state index contributed by atoms with van der Waals surface area (Å²) in [7, 11) is 0. The van der Waals surface area contributed by atoms with E-state index in [1.807, 2.05) is 6.07 Å². The number of unbranched alkanes of at least 4 members (excludes halogenated alkanes) is 2. The highest BCUT2D eigenvalue weighted by Gasteiger charge is 2.65. The molecule has 10 nitrogen and oxygen atoms in total. The molecule has 1 aromatic heterocycles. The van der Waals surface area contributed by atoms with Crippen molar-refractivity contribution in [3.8, 4) is 23.7 Å². The second-order valence-electron chi connectivity index (χ2n) is 13.7. The third-order valence-corrected chi connectivity index (χ3v) is 7.98. The van der Waals surface area contributed by atoms with Crippen molar-refractivity contribution in [3.63, 3.8) is 0 Å². The molecule has 1 N–H and O–H groups in total. The molecule has 2 aliphatic rings. The van der Waals surface area contributed by atoms with Crippen molar-refractivity contribution in [2.75, 3.05) is 19.7 Å². The average molecular weight is 627 g/mol. The topological polar surface area (TPSA) is 119 Å². The van der Waals surface area contributed by atoms with Crippen LogP contribution in [0.4, 0.5) is 9.59 Å². The van der Waals surface area contributed by atoms with E-state index >= 15 is 0 Å². The lowest BCUT2D eigenvalue weighted by Gasteiger charge is -2.47. The van der Waals surface area contributed by atoms with Crippen LogP contribution in [-0.2, 0) is 25.4 Å². The van der Waals surface area contributed by atoms with Crippen LogP contribution >= 0.6 is 0 Å². The maximum atomic E-state index is 14.6. The second-order valence-corrected chi connectivity index (χ2v) is 13.7. The molecule has 1 aromatic rings. The lowest BCUT2D eigenvalue weighted by molar-refractivity contribution is -0.160. The monoisotopic (exact) mass is 626 g/mol. The van der Waals surface area contributed by atoms with E-state index in [0.29, 0.717) is 32.4 Å². The Morgan fingerprint density at radius 1 is 1.04 bits per heavy atom. The van der Waals surface area contributed by atoms with Gasteiger partial charge in [0.1, 0.15) is 35.2 Å². The van der Waals surface area contributed by atoms with Crippen LogP contribution in [0.5, 0.6) is 0 Å². The van der Waals surface area contributed by atoms with Crippen LogP contribution in [0.1, 0.15) is 111 Å². The fourth-order valence-electron chi connectivity index (χ4n) is 6.14. The number of carbonyl (C=O) groups is 3. The van der Waals surface area contributed by atoms with Gasteiger partial charge in [0.25, 0.3) is 0 Å². The molecule has 0 aliphatic carbocycles. The van der Waals surface area contributed by atoms with E-state index in [4.69, 9.17) is 18.6 Å². The quantitative estimate of drug-likeness (QED) is 0.201. The number of hydrogen-bond donors (Lipinski definition) is 1. The van der Waals surface area contributed by atoms with Crippen LogP contribution in [0.2, 0.25) is 0 Å². The summed E-state index contributed by atoms with van der Waals surface area (Å²) in [6, 6.07) is 1.07. The molecule has 0 aromatic carbocycles. The van der Waals surface area contributed by atoms with E-state index in [2.05, 4.69) is 23.7 Å². The van der Waals surface area contributed by atoms with E-state index in [1.165, 1.54) is 4.90 Å². The molecule has 10 heteroatoms. The zero-order chi connectivity index (χ0) is 33.4. The maximum absolute atomic E-state index is 14.6. The van der Waals surface area contributed by atoms with Gasteiger partial charge in [0.15, 0.2) is 0 Å². The normalized spacial score (nSPS) is 23.2. The molecule has 2 aliphatic heterocycles. The summed E-state index contributed by atoms with van der Waals surface area (Å²) in [5, 5.41) is 12.1. The van der Waals surface area contributed by atoms with Gasteiger partial charge < -0.3 is 28.6 Å². The fraction of sp³-hybridized carbons (Fsp3) is 0.686. The van der Waals surface area contributed by atoms with Crippen molar-refractivity contribution in [1.29, 1.82) is 0 Å². The molecular weight excluding hydrogens is 576 g/mol. The smallest absolute Gasteiger partial charge is 0.469 e. The minimum absolute atomic E-state index is 0.0549. The Labute approximate surface area is 268 Å². The van der Waals surface area contributed by atoms with Crippen LogP contribution in [0.15, 0.2) is 16.7 Å². The van der Waals surface area contributed by atoms with E-state index in [1.54, 1.807) is 66.6 Å². The van der Waals surface area contributed by atoms with Gasteiger partial charge in [0.05, 0.1) is 12.3 Å². The molecular formula is C35H50N2O8. The fourth-order valence-corrected chi connectivity index (χ4v) is 6.14. The van der Waals surface area contributed by atoms with Crippen molar-refractivity contribution in [2.45, 2.75) is 130 Å². The van der Waals surface area contributed by atoms with Gasteiger partial charge >= 0.3 is 12.2 Å². The number of aryl methyl sites for hydroxylation is 1. The van der Waals surface area contributed by atoms with E-state index in [9.17, 15) is 19.5 Å². The summed E-state index contributed by atoms with van der Waals surface area (Å²) in [6.07, 6.45) is 2.58. The molecule has 0 radical (unpaired) electrons. The Balaban J connectivity index is 2.01. The first-order valence-electron chi connectivity index (χ1n) is 15.8. The van der Waals surface area contributed by atoms with Crippen molar-refractivity contribution >= 4 is 18.2 Å². The number of furan rings is 1. The molecule has 45 heavy (non-hydrogen) atoms. The van der Waals surface area contributed by atoms with Crippen molar-refractivity contribution in [2.24, 2.45) is 5.41 Å². The standard InChI is InChI=1S/C35H50N2O8/c1-9-11-13-14-16-19-36-20-18-28(25-21-27(42-23-25)17-15-12-10-2)35(29(36)38)22-26(24-43-32(41)45-34(6,7)8)37(30(35)39)31(40)44-33(3,4)5/h21,23,26,28,30,39H,13-20,22,24H2,1-8H3/t26-,28+,30?,35-/m1/s1. The molecule has 2 fully saturated rings. The largest absolute Gasteiger partial charge is 0.508 e. The molecule has 3 rings (SSSR count). The first kappa shape index (κ1) is 35.8. The summed E-state index contributed by atoms with van der Waals surface area (Å²) in [5.74, 6) is 11.9. The number of piperidine rings is 1. The molecule has 1 unspecified atom stereocenters. The highest BCUT2D eigenvalue weighted by molar-refractivity contribution is 5.87. The number of ether oxygens (including phenoxy) is 3. The third kappa shape index (κ3) is 9.20. The number of aliphatic hydroxyl groups is 1. The van der Waals surface area contributed by atoms with E-state index in [-0.39, 0.29) is 18.9 Å². The lowest BCUT2D eigenvalue weighted by Crippen LogP contribution is -2.59.